The second-order valence-corrected chi connectivity index (χ2v) is 4.56. The summed E-state index contributed by atoms with van der Waals surface area (Å²) in [5.41, 5.74) is 5.96. The van der Waals surface area contributed by atoms with Crippen LogP contribution in [0.25, 0.3) is 11.0 Å². The third-order valence-corrected chi connectivity index (χ3v) is 3.41. The van der Waals surface area contributed by atoms with Crippen LogP contribution in [0.4, 0.5) is 0 Å². The molecule has 19 heavy (non-hydrogen) atoms. The maximum atomic E-state index is 5.63. The molecule has 98 valence electrons. The van der Waals surface area contributed by atoms with Crippen molar-refractivity contribution >= 4 is 11.0 Å². The number of aryl methyl sites for hydroxylation is 1. The fraction of sp³-hybridized carbons (Fsp3) is 0.214. The van der Waals surface area contributed by atoms with Crippen molar-refractivity contribution in [3.8, 4) is 0 Å². The standard InChI is InChI=1S/C14H16N4O/c1-18-13-5-3-2-4-11(13)16-14(18)8-12(17-15)10-6-7-19-9-10/h2-7,9,12,17H,8,15H2,1H3. The van der Waals surface area contributed by atoms with Crippen molar-refractivity contribution in [1.29, 1.82) is 0 Å². The van der Waals surface area contributed by atoms with Gasteiger partial charge in [-0.2, -0.15) is 0 Å². The summed E-state index contributed by atoms with van der Waals surface area (Å²) >= 11 is 0. The minimum Gasteiger partial charge on any atom is -0.472 e. The summed E-state index contributed by atoms with van der Waals surface area (Å²) in [7, 11) is 2.02. The van der Waals surface area contributed by atoms with Crippen molar-refractivity contribution in [2.75, 3.05) is 0 Å². The third kappa shape index (κ3) is 2.14. The Balaban J connectivity index is 1.94. The van der Waals surface area contributed by atoms with Crippen molar-refractivity contribution in [3.05, 3.63) is 54.2 Å². The van der Waals surface area contributed by atoms with Gasteiger partial charge in [-0.15, -0.1) is 0 Å². The molecular weight excluding hydrogens is 240 g/mol. The lowest BCUT2D eigenvalue weighted by Crippen LogP contribution is -2.30. The molecule has 0 aliphatic rings. The molecular formula is C14H16N4O. The van der Waals surface area contributed by atoms with Crippen LogP contribution >= 0.6 is 0 Å². The number of benzene rings is 1. The minimum atomic E-state index is -0.00531. The molecule has 1 aromatic carbocycles. The van der Waals surface area contributed by atoms with Crippen LogP contribution in [0.15, 0.2) is 47.3 Å². The summed E-state index contributed by atoms with van der Waals surface area (Å²) in [5, 5.41) is 0. The molecule has 5 nitrogen and oxygen atoms in total. The molecule has 0 radical (unpaired) electrons. The summed E-state index contributed by atoms with van der Waals surface area (Å²) in [4.78, 5) is 4.65. The normalized spacial score (nSPS) is 12.9. The summed E-state index contributed by atoms with van der Waals surface area (Å²) in [6, 6.07) is 9.99. The zero-order chi connectivity index (χ0) is 13.2. The monoisotopic (exact) mass is 256 g/mol. The molecule has 3 N–H and O–H groups in total. The Morgan fingerprint density at radius 3 is 2.89 bits per heavy atom. The van der Waals surface area contributed by atoms with Gasteiger partial charge in [-0.25, -0.2) is 4.98 Å². The number of fused-ring (bicyclic) bond motifs is 1. The van der Waals surface area contributed by atoms with Gasteiger partial charge < -0.3 is 8.98 Å². The molecule has 0 fully saturated rings. The highest BCUT2D eigenvalue weighted by Gasteiger charge is 2.16. The third-order valence-electron chi connectivity index (χ3n) is 3.41. The number of nitrogens with two attached hydrogens (primary N) is 1. The zero-order valence-corrected chi connectivity index (χ0v) is 10.7. The number of hydrazine groups is 1. The molecule has 0 saturated heterocycles. The molecule has 2 heterocycles. The zero-order valence-electron chi connectivity index (χ0n) is 10.7. The summed E-state index contributed by atoms with van der Waals surface area (Å²) < 4.78 is 7.20. The van der Waals surface area contributed by atoms with E-state index in [1.807, 2.05) is 31.3 Å². The van der Waals surface area contributed by atoms with Gasteiger partial charge >= 0.3 is 0 Å². The van der Waals surface area contributed by atoms with Gasteiger partial charge in [-0.3, -0.25) is 11.3 Å². The number of para-hydroxylation sites is 2. The minimum absolute atomic E-state index is 0.00531. The second-order valence-electron chi connectivity index (χ2n) is 4.56. The lowest BCUT2D eigenvalue weighted by Gasteiger charge is -2.13. The van der Waals surface area contributed by atoms with Crippen LogP contribution in [0.2, 0.25) is 0 Å². The SMILES string of the molecule is Cn1c(CC(NN)c2ccoc2)nc2ccccc21. The quantitative estimate of drug-likeness (QED) is 0.552. The van der Waals surface area contributed by atoms with Crippen LogP contribution in [-0.4, -0.2) is 9.55 Å². The molecule has 5 heteroatoms. The molecule has 0 aliphatic carbocycles. The van der Waals surface area contributed by atoms with E-state index in [1.165, 1.54) is 0 Å². The van der Waals surface area contributed by atoms with E-state index in [0.717, 1.165) is 22.4 Å². The maximum absolute atomic E-state index is 5.63. The predicted molar refractivity (Wildman–Crippen MR) is 73.2 cm³/mol. The fourth-order valence-electron chi connectivity index (χ4n) is 2.31. The van der Waals surface area contributed by atoms with E-state index < -0.39 is 0 Å². The van der Waals surface area contributed by atoms with Gasteiger partial charge in [0.2, 0.25) is 0 Å². The number of hydrogen-bond acceptors (Lipinski definition) is 4. The van der Waals surface area contributed by atoms with Crippen molar-refractivity contribution < 1.29 is 4.42 Å². The van der Waals surface area contributed by atoms with Gasteiger partial charge in [0.25, 0.3) is 0 Å². The Labute approximate surface area is 111 Å². The first-order chi connectivity index (χ1) is 9.29. The van der Waals surface area contributed by atoms with E-state index in [0.29, 0.717) is 6.42 Å². The Hall–Kier alpha value is -2.11. The van der Waals surface area contributed by atoms with E-state index in [4.69, 9.17) is 10.3 Å². The Kier molecular flexibility index (Phi) is 3.06. The van der Waals surface area contributed by atoms with Gasteiger partial charge in [0.15, 0.2) is 0 Å². The van der Waals surface area contributed by atoms with Crippen molar-refractivity contribution in [2.45, 2.75) is 12.5 Å². The number of rotatable bonds is 4. The molecule has 2 aromatic heterocycles. The molecule has 1 atom stereocenters. The summed E-state index contributed by atoms with van der Waals surface area (Å²) in [6.07, 6.45) is 4.06. The highest BCUT2D eigenvalue weighted by Crippen LogP contribution is 2.20. The van der Waals surface area contributed by atoms with E-state index >= 15 is 0 Å². The summed E-state index contributed by atoms with van der Waals surface area (Å²) in [6.45, 7) is 0. The highest BCUT2D eigenvalue weighted by atomic mass is 16.3. The van der Waals surface area contributed by atoms with Gasteiger partial charge in [0.05, 0.1) is 29.6 Å². The fourth-order valence-corrected chi connectivity index (χ4v) is 2.31. The second kappa shape index (κ2) is 4.87. The number of nitrogens with one attached hydrogen (secondary N) is 1. The van der Waals surface area contributed by atoms with Crippen molar-refractivity contribution in [2.24, 2.45) is 12.9 Å². The van der Waals surface area contributed by atoms with Crippen LogP contribution in [0.1, 0.15) is 17.4 Å². The average molecular weight is 256 g/mol. The lowest BCUT2D eigenvalue weighted by atomic mass is 10.1. The predicted octanol–water partition coefficient (Wildman–Crippen LogP) is 1.91. The van der Waals surface area contributed by atoms with E-state index in [1.54, 1.807) is 12.5 Å². The first kappa shape index (κ1) is 12.0. The smallest absolute Gasteiger partial charge is 0.111 e. The van der Waals surface area contributed by atoms with Crippen molar-refractivity contribution in [1.82, 2.24) is 15.0 Å². The first-order valence-corrected chi connectivity index (χ1v) is 6.18. The average Bonchev–Trinajstić information content (AvgIpc) is 3.06. The van der Waals surface area contributed by atoms with Crippen LogP contribution in [-0.2, 0) is 13.5 Å². The number of furan rings is 1. The molecule has 0 saturated carbocycles. The van der Waals surface area contributed by atoms with Crippen LogP contribution < -0.4 is 11.3 Å². The molecule has 0 aliphatic heterocycles. The molecule has 1 unspecified atom stereocenters. The Morgan fingerprint density at radius 2 is 2.21 bits per heavy atom. The highest BCUT2D eigenvalue weighted by molar-refractivity contribution is 5.75. The van der Waals surface area contributed by atoms with E-state index in [2.05, 4.69) is 21.0 Å². The molecule has 0 spiro atoms. The van der Waals surface area contributed by atoms with Gasteiger partial charge in [0, 0.05) is 19.0 Å². The molecule has 0 amide bonds. The van der Waals surface area contributed by atoms with E-state index in [-0.39, 0.29) is 6.04 Å². The van der Waals surface area contributed by atoms with E-state index in [9.17, 15) is 0 Å². The van der Waals surface area contributed by atoms with Crippen molar-refractivity contribution in [3.63, 3.8) is 0 Å². The number of nitrogens with zero attached hydrogens (tertiary/aromatic N) is 2. The Morgan fingerprint density at radius 1 is 1.37 bits per heavy atom. The van der Waals surface area contributed by atoms with Gasteiger partial charge in [-0.05, 0) is 18.2 Å². The molecule has 3 rings (SSSR count). The maximum Gasteiger partial charge on any atom is 0.111 e. The topological polar surface area (TPSA) is 69.0 Å². The van der Waals surface area contributed by atoms with Crippen LogP contribution in [0, 0.1) is 0 Å². The Bertz CT molecular complexity index is 672. The van der Waals surface area contributed by atoms with Crippen LogP contribution in [0.3, 0.4) is 0 Å². The van der Waals surface area contributed by atoms with Crippen LogP contribution in [0.5, 0.6) is 0 Å². The van der Waals surface area contributed by atoms with Gasteiger partial charge in [-0.1, -0.05) is 12.1 Å². The molecule has 0 bridgehead atoms. The summed E-state index contributed by atoms with van der Waals surface area (Å²) in [5.74, 6) is 6.62. The first-order valence-electron chi connectivity index (χ1n) is 6.18. The number of aromatic nitrogens is 2. The molecule has 3 aromatic rings. The largest absolute Gasteiger partial charge is 0.472 e. The number of imidazole rings is 1. The lowest BCUT2D eigenvalue weighted by molar-refractivity contribution is 0.513. The van der Waals surface area contributed by atoms with Gasteiger partial charge in [0.1, 0.15) is 5.82 Å². The number of hydrogen-bond donors (Lipinski definition) is 2.